The van der Waals surface area contributed by atoms with E-state index in [1.54, 1.807) is 12.1 Å². The van der Waals surface area contributed by atoms with Gasteiger partial charge in [-0.05, 0) is 35.7 Å². The molecule has 2 heterocycles. The van der Waals surface area contributed by atoms with Crippen LogP contribution in [0.4, 0.5) is 5.69 Å². The van der Waals surface area contributed by atoms with Crippen molar-refractivity contribution < 1.29 is 9.59 Å². The van der Waals surface area contributed by atoms with Crippen LogP contribution in [0.5, 0.6) is 0 Å². The Bertz CT molecular complexity index is 971. The lowest BCUT2D eigenvalue weighted by Gasteiger charge is -2.31. The number of hydrogen-bond acceptors (Lipinski definition) is 3. The SMILES string of the molecule is O=C1C(Cl)=C(N2CCc3ccccc3C2)C(=O)N1c1ccc(Cl)cc1Cl. The minimum atomic E-state index is -0.574. The summed E-state index contributed by atoms with van der Waals surface area (Å²) >= 11 is 18.4. The highest BCUT2D eigenvalue weighted by Gasteiger charge is 2.42. The molecule has 2 amide bonds. The van der Waals surface area contributed by atoms with Crippen molar-refractivity contribution in [3.8, 4) is 0 Å². The topological polar surface area (TPSA) is 40.6 Å². The predicted molar refractivity (Wildman–Crippen MR) is 102 cm³/mol. The summed E-state index contributed by atoms with van der Waals surface area (Å²) in [6.45, 7) is 1.15. The Balaban J connectivity index is 1.68. The minimum Gasteiger partial charge on any atom is -0.361 e. The molecule has 0 unspecified atom stereocenters. The molecule has 0 radical (unpaired) electrons. The predicted octanol–water partition coefficient (Wildman–Crippen LogP) is 4.38. The van der Waals surface area contributed by atoms with Crippen molar-refractivity contribution in [3.63, 3.8) is 0 Å². The van der Waals surface area contributed by atoms with Gasteiger partial charge in [0.05, 0.1) is 10.7 Å². The van der Waals surface area contributed by atoms with E-state index in [1.807, 2.05) is 23.1 Å². The lowest BCUT2D eigenvalue weighted by molar-refractivity contribution is -0.121. The number of rotatable bonds is 2. The Morgan fingerprint density at radius 3 is 2.35 bits per heavy atom. The Labute approximate surface area is 165 Å². The van der Waals surface area contributed by atoms with E-state index in [4.69, 9.17) is 34.8 Å². The van der Waals surface area contributed by atoms with Crippen LogP contribution < -0.4 is 4.90 Å². The first-order valence-electron chi connectivity index (χ1n) is 8.02. The van der Waals surface area contributed by atoms with Gasteiger partial charge in [0.1, 0.15) is 10.7 Å². The molecular formula is C19H13Cl3N2O2. The number of imide groups is 1. The maximum atomic E-state index is 13.0. The summed E-state index contributed by atoms with van der Waals surface area (Å²) in [7, 11) is 0. The zero-order valence-corrected chi connectivity index (χ0v) is 15.8. The Morgan fingerprint density at radius 1 is 0.885 bits per heavy atom. The van der Waals surface area contributed by atoms with Gasteiger partial charge in [0.15, 0.2) is 0 Å². The van der Waals surface area contributed by atoms with E-state index in [2.05, 4.69) is 6.07 Å². The van der Waals surface area contributed by atoms with Crippen molar-refractivity contribution in [2.24, 2.45) is 0 Å². The monoisotopic (exact) mass is 406 g/mol. The standard InChI is InChI=1S/C19H13Cl3N2O2/c20-13-5-6-15(14(21)9-13)24-18(25)16(22)17(19(24)26)23-8-7-11-3-1-2-4-12(11)10-23/h1-6,9H,7-8,10H2. The third-order valence-electron chi connectivity index (χ3n) is 4.60. The summed E-state index contributed by atoms with van der Waals surface area (Å²) in [5, 5.41) is 0.555. The fraction of sp³-hybridized carbons (Fsp3) is 0.158. The lowest BCUT2D eigenvalue weighted by Crippen LogP contribution is -2.37. The van der Waals surface area contributed by atoms with Crippen LogP contribution >= 0.6 is 34.8 Å². The molecule has 2 aliphatic rings. The molecule has 4 nitrogen and oxygen atoms in total. The van der Waals surface area contributed by atoms with Crippen molar-refractivity contribution in [1.82, 2.24) is 4.90 Å². The van der Waals surface area contributed by atoms with E-state index in [-0.39, 0.29) is 21.4 Å². The summed E-state index contributed by atoms with van der Waals surface area (Å²) in [6.07, 6.45) is 0.785. The summed E-state index contributed by atoms with van der Waals surface area (Å²) in [5.41, 5.74) is 2.86. The molecule has 2 aromatic carbocycles. The number of amides is 2. The fourth-order valence-corrected chi connectivity index (χ4v) is 4.11. The summed E-state index contributed by atoms with van der Waals surface area (Å²) in [5.74, 6) is -1.04. The van der Waals surface area contributed by atoms with Crippen LogP contribution in [0.2, 0.25) is 10.0 Å². The van der Waals surface area contributed by atoms with Gasteiger partial charge in [-0.25, -0.2) is 4.90 Å². The van der Waals surface area contributed by atoms with Crippen molar-refractivity contribution in [2.75, 3.05) is 11.4 Å². The molecule has 0 saturated carbocycles. The molecule has 2 aromatic rings. The van der Waals surface area contributed by atoms with Gasteiger partial charge in [-0.1, -0.05) is 59.1 Å². The molecule has 0 bridgehead atoms. The molecule has 0 saturated heterocycles. The maximum Gasteiger partial charge on any atom is 0.283 e. The molecule has 132 valence electrons. The zero-order valence-electron chi connectivity index (χ0n) is 13.5. The van der Waals surface area contributed by atoms with E-state index in [1.165, 1.54) is 11.6 Å². The first kappa shape index (κ1) is 17.4. The normalized spacial score (nSPS) is 17.2. The highest BCUT2D eigenvalue weighted by molar-refractivity contribution is 6.53. The van der Waals surface area contributed by atoms with E-state index in [0.717, 1.165) is 16.9 Å². The minimum absolute atomic E-state index is 0.0830. The first-order chi connectivity index (χ1) is 12.5. The molecule has 0 fully saturated rings. The number of fused-ring (bicyclic) bond motifs is 1. The van der Waals surface area contributed by atoms with Crippen LogP contribution in [0.25, 0.3) is 0 Å². The summed E-state index contributed by atoms with van der Waals surface area (Å²) < 4.78 is 0. The molecular weight excluding hydrogens is 395 g/mol. The average Bonchev–Trinajstić information content (AvgIpc) is 2.84. The summed E-state index contributed by atoms with van der Waals surface area (Å²) in [4.78, 5) is 28.5. The molecule has 0 aromatic heterocycles. The van der Waals surface area contributed by atoms with Crippen molar-refractivity contribution in [3.05, 3.63) is 74.4 Å². The zero-order chi connectivity index (χ0) is 18.4. The van der Waals surface area contributed by atoms with Crippen molar-refractivity contribution >= 4 is 52.3 Å². The molecule has 0 spiro atoms. The third kappa shape index (κ3) is 2.78. The van der Waals surface area contributed by atoms with Crippen LogP contribution in [-0.4, -0.2) is 23.3 Å². The van der Waals surface area contributed by atoms with Gasteiger partial charge in [0.25, 0.3) is 11.8 Å². The summed E-state index contributed by atoms with van der Waals surface area (Å²) in [6, 6.07) is 12.7. The van der Waals surface area contributed by atoms with Gasteiger partial charge < -0.3 is 4.90 Å². The second kappa shape index (κ2) is 6.62. The van der Waals surface area contributed by atoms with Crippen molar-refractivity contribution in [2.45, 2.75) is 13.0 Å². The number of hydrogen-bond donors (Lipinski definition) is 0. The van der Waals surface area contributed by atoms with Crippen molar-refractivity contribution in [1.29, 1.82) is 0 Å². The fourth-order valence-electron chi connectivity index (χ4n) is 3.33. The van der Waals surface area contributed by atoms with Crippen LogP contribution in [0.15, 0.2) is 53.2 Å². The molecule has 26 heavy (non-hydrogen) atoms. The van der Waals surface area contributed by atoms with E-state index in [9.17, 15) is 9.59 Å². The first-order valence-corrected chi connectivity index (χ1v) is 9.16. The second-order valence-electron chi connectivity index (χ2n) is 6.14. The van der Waals surface area contributed by atoms with Crippen LogP contribution in [0.1, 0.15) is 11.1 Å². The number of anilines is 1. The molecule has 2 aliphatic heterocycles. The largest absolute Gasteiger partial charge is 0.361 e. The Morgan fingerprint density at radius 2 is 1.62 bits per heavy atom. The van der Waals surface area contributed by atoms with Crippen LogP contribution in [0.3, 0.4) is 0 Å². The smallest absolute Gasteiger partial charge is 0.283 e. The quantitative estimate of drug-likeness (QED) is 0.694. The average molecular weight is 408 g/mol. The molecule has 0 atom stereocenters. The molecule has 0 N–H and O–H groups in total. The lowest BCUT2D eigenvalue weighted by atomic mass is 9.99. The van der Waals surface area contributed by atoms with E-state index >= 15 is 0 Å². The van der Waals surface area contributed by atoms with Crippen LogP contribution in [-0.2, 0) is 22.6 Å². The van der Waals surface area contributed by atoms with Gasteiger partial charge in [0.2, 0.25) is 0 Å². The Kier molecular flexibility index (Phi) is 4.43. The van der Waals surface area contributed by atoms with Gasteiger partial charge in [-0.15, -0.1) is 0 Å². The highest BCUT2D eigenvalue weighted by atomic mass is 35.5. The number of nitrogens with zero attached hydrogens (tertiary/aromatic N) is 2. The molecule has 0 aliphatic carbocycles. The van der Waals surface area contributed by atoms with Gasteiger partial charge in [-0.3, -0.25) is 9.59 Å². The highest BCUT2D eigenvalue weighted by Crippen LogP contribution is 2.37. The molecule has 7 heteroatoms. The third-order valence-corrected chi connectivity index (χ3v) is 5.48. The number of carbonyl (C=O) groups is 2. The second-order valence-corrected chi connectivity index (χ2v) is 7.37. The van der Waals surface area contributed by atoms with Gasteiger partial charge in [0, 0.05) is 18.1 Å². The van der Waals surface area contributed by atoms with E-state index < -0.39 is 11.8 Å². The number of halogens is 3. The van der Waals surface area contributed by atoms with Gasteiger partial charge in [-0.2, -0.15) is 0 Å². The molecule has 4 rings (SSSR count). The van der Waals surface area contributed by atoms with Crippen LogP contribution in [0, 0.1) is 0 Å². The number of carbonyl (C=O) groups excluding carboxylic acids is 2. The van der Waals surface area contributed by atoms with E-state index in [0.29, 0.717) is 18.1 Å². The Hall–Kier alpha value is -2.01. The number of benzene rings is 2. The maximum absolute atomic E-state index is 13.0. The van der Waals surface area contributed by atoms with Gasteiger partial charge >= 0.3 is 0 Å².